The average Bonchev–Trinajstić information content (AvgIpc) is 3.03. The molecule has 2 aromatic rings. The van der Waals surface area contributed by atoms with Crippen molar-refractivity contribution in [2.24, 2.45) is 0 Å². The molecule has 0 atom stereocenters. The first-order valence-electron chi connectivity index (χ1n) is 7.95. The maximum atomic E-state index is 12.1. The Morgan fingerprint density at radius 2 is 1.69 bits per heavy atom. The Bertz CT molecular complexity index is 872. The van der Waals surface area contributed by atoms with Gasteiger partial charge < -0.3 is 15.1 Å². The van der Waals surface area contributed by atoms with E-state index in [0.717, 1.165) is 5.56 Å². The van der Waals surface area contributed by atoms with Crippen molar-refractivity contribution in [3.05, 3.63) is 53.5 Å². The van der Waals surface area contributed by atoms with E-state index in [1.54, 1.807) is 19.1 Å². The SMILES string of the molecule is Cc1ccc(S(=O)(=O)NCCNC(=O)CNC(=O)c2ccoc2C)cc1. The fraction of sp³-hybridized carbons (Fsp3) is 0.294. The molecule has 0 spiro atoms. The molecule has 8 nitrogen and oxygen atoms in total. The van der Waals surface area contributed by atoms with Crippen LogP contribution in [0, 0.1) is 13.8 Å². The van der Waals surface area contributed by atoms with Gasteiger partial charge in [0.2, 0.25) is 15.9 Å². The molecule has 2 rings (SSSR count). The first-order valence-corrected chi connectivity index (χ1v) is 9.43. The van der Waals surface area contributed by atoms with Gasteiger partial charge in [-0.3, -0.25) is 9.59 Å². The molecular formula is C17H21N3O5S. The van der Waals surface area contributed by atoms with Crippen molar-refractivity contribution in [3.63, 3.8) is 0 Å². The molecule has 9 heteroatoms. The van der Waals surface area contributed by atoms with Gasteiger partial charge in [-0.05, 0) is 32.0 Å². The van der Waals surface area contributed by atoms with Gasteiger partial charge in [0, 0.05) is 13.1 Å². The molecule has 0 unspecified atom stereocenters. The lowest BCUT2D eigenvalue weighted by molar-refractivity contribution is -0.120. The second kappa shape index (κ2) is 8.63. The van der Waals surface area contributed by atoms with E-state index in [4.69, 9.17) is 4.42 Å². The van der Waals surface area contributed by atoms with Gasteiger partial charge in [-0.15, -0.1) is 0 Å². The molecule has 0 saturated carbocycles. The van der Waals surface area contributed by atoms with Gasteiger partial charge in [0.25, 0.3) is 5.91 Å². The summed E-state index contributed by atoms with van der Waals surface area (Å²) in [6, 6.07) is 7.97. The van der Waals surface area contributed by atoms with E-state index >= 15 is 0 Å². The fourth-order valence-electron chi connectivity index (χ4n) is 2.13. The van der Waals surface area contributed by atoms with Gasteiger partial charge in [-0.1, -0.05) is 17.7 Å². The minimum atomic E-state index is -3.62. The molecule has 0 bridgehead atoms. The molecule has 1 heterocycles. The summed E-state index contributed by atoms with van der Waals surface area (Å²) in [6.07, 6.45) is 1.39. The van der Waals surface area contributed by atoms with Crippen LogP contribution in [0.5, 0.6) is 0 Å². The Morgan fingerprint density at radius 1 is 1.00 bits per heavy atom. The van der Waals surface area contributed by atoms with Crippen LogP contribution in [0.3, 0.4) is 0 Å². The summed E-state index contributed by atoms with van der Waals surface area (Å²) in [5.74, 6) is -0.367. The van der Waals surface area contributed by atoms with Gasteiger partial charge in [-0.25, -0.2) is 13.1 Å². The monoisotopic (exact) mass is 379 g/mol. The van der Waals surface area contributed by atoms with Gasteiger partial charge in [0.15, 0.2) is 0 Å². The first kappa shape index (κ1) is 19.7. The molecule has 0 aliphatic heterocycles. The number of sulfonamides is 1. The van der Waals surface area contributed by atoms with E-state index in [1.807, 2.05) is 6.92 Å². The summed E-state index contributed by atoms with van der Waals surface area (Å²) in [5.41, 5.74) is 1.33. The number of amides is 2. The van der Waals surface area contributed by atoms with Crippen LogP contribution in [0.1, 0.15) is 21.7 Å². The van der Waals surface area contributed by atoms with Crippen LogP contribution in [0.15, 0.2) is 45.9 Å². The van der Waals surface area contributed by atoms with E-state index in [1.165, 1.54) is 24.5 Å². The smallest absolute Gasteiger partial charge is 0.255 e. The van der Waals surface area contributed by atoms with Crippen LogP contribution in [0.2, 0.25) is 0 Å². The Morgan fingerprint density at radius 3 is 2.31 bits per heavy atom. The molecule has 1 aromatic heterocycles. The Hall–Kier alpha value is -2.65. The summed E-state index contributed by atoms with van der Waals surface area (Å²) in [6.45, 7) is 3.44. The zero-order chi connectivity index (χ0) is 19.2. The largest absolute Gasteiger partial charge is 0.469 e. The predicted molar refractivity (Wildman–Crippen MR) is 95.2 cm³/mol. The topological polar surface area (TPSA) is 118 Å². The zero-order valence-corrected chi connectivity index (χ0v) is 15.4. The highest BCUT2D eigenvalue weighted by Gasteiger charge is 2.14. The quantitative estimate of drug-likeness (QED) is 0.584. The van der Waals surface area contributed by atoms with Gasteiger partial charge in [0.1, 0.15) is 5.76 Å². The number of furan rings is 1. The number of carbonyl (C=O) groups excluding carboxylic acids is 2. The van der Waals surface area contributed by atoms with Crippen molar-refractivity contribution in [1.29, 1.82) is 0 Å². The molecule has 0 radical (unpaired) electrons. The molecule has 1 aromatic carbocycles. The second-order valence-corrected chi connectivity index (χ2v) is 7.40. The lowest BCUT2D eigenvalue weighted by Crippen LogP contribution is -2.40. The van der Waals surface area contributed by atoms with Crippen molar-refractivity contribution in [3.8, 4) is 0 Å². The zero-order valence-electron chi connectivity index (χ0n) is 14.5. The van der Waals surface area contributed by atoms with Crippen molar-refractivity contribution >= 4 is 21.8 Å². The fourth-order valence-corrected chi connectivity index (χ4v) is 3.16. The summed E-state index contributed by atoms with van der Waals surface area (Å²) in [7, 11) is -3.62. The minimum absolute atomic E-state index is 0.0384. The van der Waals surface area contributed by atoms with Crippen LogP contribution in [-0.4, -0.2) is 39.9 Å². The van der Waals surface area contributed by atoms with E-state index in [-0.39, 0.29) is 24.5 Å². The van der Waals surface area contributed by atoms with Crippen LogP contribution < -0.4 is 15.4 Å². The normalized spacial score (nSPS) is 11.2. The van der Waals surface area contributed by atoms with Crippen molar-refractivity contribution < 1.29 is 22.4 Å². The summed E-state index contributed by atoms with van der Waals surface area (Å²) >= 11 is 0. The highest BCUT2D eigenvalue weighted by Crippen LogP contribution is 2.09. The molecule has 2 amide bonds. The number of carbonyl (C=O) groups is 2. The molecule has 26 heavy (non-hydrogen) atoms. The number of nitrogens with one attached hydrogen (secondary N) is 3. The highest BCUT2D eigenvalue weighted by molar-refractivity contribution is 7.89. The third kappa shape index (κ3) is 5.43. The minimum Gasteiger partial charge on any atom is -0.469 e. The summed E-state index contributed by atoms with van der Waals surface area (Å²) < 4.78 is 31.6. The van der Waals surface area contributed by atoms with Gasteiger partial charge in [-0.2, -0.15) is 0 Å². The highest BCUT2D eigenvalue weighted by atomic mass is 32.2. The maximum absolute atomic E-state index is 12.1. The number of hydrogen-bond acceptors (Lipinski definition) is 5. The van der Waals surface area contributed by atoms with E-state index < -0.39 is 21.8 Å². The van der Waals surface area contributed by atoms with Crippen LogP contribution in [-0.2, 0) is 14.8 Å². The number of aryl methyl sites for hydroxylation is 2. The van der Waals surface area contributed by atoms with E-state index in [0.29, 0.717) is 11.3 Å². The van der Waals surface area contributed by atoms with Gasteiger partial charge >= 0.3 is 0 Å². The molecule has 0 aliphatic rings. The van der Waals surface area contributed by atoms with Crippen LogP contribution in [0.4, 0.5) is 0 Å². The Labute approximate surface area is 152 Å². The third-order valence-corrected chi connectivity index (χ3v) is 5.06. The number of rotatable bonds is 8. The standard InChI is InChI=1S/C17H21N3O5S/c1-12-3-5-14(6-4-12)26(23,24)20-9-8-18-16(21)11-19-17(22)15-7-10-25-13(15)2/h3-7,10,20H,8-9,11H2,1-2H3,(H,18,21)(H,19,22). The Kier molecular flexibility index (Phi) is 6.53. The summed E-state index contributed by atoms with van der Waals surface area (Å²) in [4.78, 5) is 23.7. The van der Waals surface area contributed by atoms with Crippen molar-refractivity contribution in [2.45, 2.75) is 18.7 Å². The molecule has 140 valence electrons. The number of benzene rings is 1. The van der Waals surface area contributed by atoms with Crippen LogP contribution in [0.25, 0.3) is 0 Å². The molecule has 0 saturated heterocycles. The van der Waals surface area contributed by atoms with E-state index in [9.17, 15) is 18.0 Å². The average molecular weight is 379 g/mol. The molecule has 0 aliphatic carbocycles. The summed E-state index contributed by atoms with van der Waals surface area (Å²) in [5, 5.41) is 4.99. The second-order valence-electron chi connectivity index (χ2n) is 5.63. The first-order chi connectivity index (χ1) is 12.3. The predicted octanol–water partition coefficient (Wildman–Crippen LogP) is 0.721. The lowest BCUT2D eigenvalue weighted by atomic mass is 10.2. The lowest BCUT2D eigenvalue weighted by Gasteiger charge is -2.09. The third-order valence-electron chi connectivity index (χ3n) is 3.58. The maximum Gasteiger partial charge on any atom is 0.255 e. The Balaban J connectivity index is 1.70. The molecule has 3 N–H and O–H groups in total. The number of hydrogen-bond donors (Lipinski definition) is 3. The van der Waals surface area contributed by atoms with E-state index in [2.05, 4.69) is 15.4 Å². The molecular weight excluding hydrogens is 358 g/mol. The van der Waals surface area contributed by atoms with Gasteiger partial charge in [0.05, 0.1) is 23.3 Å². The van der Waals surface area contributed by atoms with Crippen LogP contribution >= 0.6 is 0 Å². The van der Waals surface area contributed by atoms with Crippen molar-refractivity contribution in [2.75, 3.05) is 19.6 Å². The van der Waals surface area contributed by atoms with Crippen molar-refractivity contribution in [1.82, 2.24) is 15.4 Å². The molecule has 0 fully saturated rings.